The Morgan fingerprint density at radius 1 is 1.11 bits per heavy atom. The van der Waals surface area contributed by atoms with Gasteiger partial charge in [0.1, 0.15) is 5.82 Å². The molecule has 0 spiro atoms. The van der Waals surface area contributed by atoms with Gasteiger partial charge in [-0.3, -0.25) is 9.52 Å². The largest absolute Gasteiger partial charge is 0.398 e. The Morgan fingerprint density at radius 2 is 1.78 bits per heavy atom. The van der Waals surface area contributed by atoms with E-state index in [0.717, 1.165) is 0 Å². The van der Waals surface area contributed by atoms with E-state index in [2.05, 4.69) is 9.71 Å². The maximum atomic E-state index is 12.0. The number of rotatable bonds is 3. The summed E-state index contributed by atoms with van der Waals surface area (Å²) in [5.74, 6) is 0.0313. The van der Waals surface area contributed by atoms with Crippen LogP contribution in [0.3, 0.4) is 0 Å². The van der Waals surface area contributed by atoms with E-state index in [1.807, 2.05) is 0 Å². The van der Waals surface area contributed by atoms with Crippen LogP contribution in [0.2, 0.25) is 0 Å². The number of H-pyrrole nitrogens is 1. The van der Waals surface area contributed by atoms with Gasteiger partial charge in [0.15, 0.2) is 0 Å². The van der Waals surface area contributed by atoms with Gasteiger partial charge in [-0.05, 0) is 12.1 Å². The minimum absolute atomic E-state index is 0.0313. The first-order valence-electron chi connectivity index (χ1n) is 5.05. The van der Waals surface area contributed by atoms with Crippen molar-refractivity contribution in [1.82, 2.24) is 4.98 Å². The van der Waals surface area contributed by atoms with E-state index >= 15 is 0 Å². The molecule has 0 amide bonds. The zero-order valence-electron chi connectivity index (χ0n) is 9.25. The topological polar surface area (TPSA) is 105 Å². The molecule has 4 N–H and O–H groups in total. The second kappa shape index (κ2) is 4.53. The van der Waals surface area contributed by atoms with Gasteiger partial charge in [-0.2, -0.15) is 0 Å². The van der Waals surface area contributed by atoms with Crippen LogP contribution in [0.25, 0.3) is 0 Å². The predicted octanol–water partition coefficient (Wildman–Crippen LogP) is 0.758. The summed E-state index contributed by atoms with van der Waals surface area (Å²) in [4.78, 5) is 13.6. The first kappa shape index (κ1) is 12.2. The van der Waals surface area contributed by atoms with Gasteiger partial charge in [-0.1, -0.05) is 18.2 Å². The lowest BCUT2D eigenvalue weighted by molar-refractivity contribution is 0.601. The summed E-state index contributed by atoms with van der Waals surface area (Å²) >= 11 is 0. The van der Waals surface area contributed by atoms with Crippen LogP contribution in [0.5, 0.6) is 0 Å². The van der Waals surface area contributed by atoms with Crippen molar-refractivity contribution in [2.45, 2.75) is 4.90 Å². The number of pyridine rings is 1. The molecular formula is C11H11N3O3S. The standard InChI is InChI=1S/C11H11N3O3S/c12-8-6-10(13-11(15)7-8)14-18(16,17)9-4-2-1-3-5-9/h1-7H,(H4,12,13,14,15). The Balaban J connectivity index is 2.37. The summed E-state index contributed by atoms with van der Waals surface area (Å²) in [6.07, 6.45) is 0. The zero-order valence-corrected chi connectivity index (χ0v) is 10.1. The Labute approximate surface area is 104 Å². The molecule has 94 valence electrons. The zero-order chi connectivity index (χ0) is 13.2. The fourth-order valence-corrected chi connectivity index (χ4v) is 2.46. The molecule has 6 nitrogen and oxygen atoms in total. The Hall–Kier alpha value is -2.28. The highest BCUT2D eigenvalue weighted by Crippen LogP contribution is 2.14. The molecule has 0 fully saturated rings. The summed E-state index contributed by atoms with van der Waals surface area (Å²) in [5, 5.41) is 0. The maximum Gasteiger partial charge on any atom is 0.262 e. The second-order valence-corrected chi connectivity index (χ2v) is 5.29. The van der Waals surface area contributed by atoms with Crippen molar-refractivity contribution in [2.75, 3.05) is 10.5 Å². The fraction of sp³-hybridized carbons (Fsp3) is 0. The molecule has 18 heavy (non-hydrogen) atoms. The van der Waals surface area contributed by atoms with E-state index in [1.54, 1.807) is 18.2 Å². The summed E-state index contributed by atoms with van der Waals surface area (Å²) < 4.78 is 26.2. The van der Waals surface area contributed by atoms with Crippen molar-refractivity contribution in [3.05, 3.63) is 52.8 Å². The number of nitrogens with one attached hydrogen (secondary N) is 2. The van der Waals surface area contributed by atoms with Gasteiger partial charge in [0.25, 0.3) is 15.6 Å². The van der Waals surface area contributed by atoms with Crippen molar-refractivity contribution in [3.63, 3.8) is 0 Å². The van der Waals surface area contributed by atoms with E-state index in [4.69, 9.17) is 5.73 Å². The molecule has 0 radical (unpaired) electrons. The van der Waals surface area contributed by atoms with E-state index in [-0.39, 0.29) is 16.4 Å². The number of anilines is 2. The quantitative estimate of drug-likeness (QED) is 0.761. The van der Waals surface area contributed by atoms with E-state index in [1.165, 1.54) is 24.3 Å². The molecule has 0 saturated carbocycles. The normalized spacial score (nSPS) is 11.1. The lowest BCUT2D eigenvalue weighted by atomic mass is 10.4. The SMILES string of the molecule is Nc1cc(NS(=O)(=O)c2ccccc2)[nH]c(=O)c1. The molecule has 0 aliphatic heterocycles. The van der Waals surface area contributed by atoms with Crippen molar-refractivity contribution in [3.8, 4) is 0 Å². The summed E-state index contributed by atoms with van der Waals surface area (Å²) in [7, 11) is -3.72. The molecule has 0 unspecified atom stereocenters. The van der Waals surface area contributed by atoms with Crippen molar-refractivity contribution >= 4 is 21.5 Å². The average molecular weight is 265 g/mol. The summed E-state index contributed by atoms with van der Waals surface area (Å²) in [6.45, 7) is 0. The van der Waals surface area contributed by atoms with Crippen molar-refractivity contribution in [2.24, 2.45) is 0 Å². The second-order valence-electron chi connectivity index (χ2n) is 3.61. The van der Waals surface area contributed by atoms with Gasteiger partial charge < -0.3 is 10.7 Å². The molecule has 1 aromatic carbocycles. The minimum Gasteiger partial charge on any atom is -0.398 e. The van der Waals surface area contributed by atoms with Gasteiger partial charge in [0.2, 0.25) is 0 Å². The highest BCUT2D eigenvalue weighted by Gasteiger charge is 2.13. The fourth-order valence-electron chi connectivity index (χ4n) is 1.42. The molecule has 1 aromatic heterocycles. The number of hydrogen-bond donors (Lipinski definition) is 3. The molecule has 0 atom stereocenters. The van der Waals surface area contributed by atoms with E-state index < -0.39 is 15.6 Å². The third kappa shape index (κ3) is 2.69. The first-order valence-corrected chi connectivity index (χ1v) is 6.53. The molecule has 2 rings (SSSR count). The maximum absolute atomic E-state index is 12.0. The third-order valence-electron chi connectivity index (χ3n) is 2.16. The number of aromatic amines is 1. The highest BCUT2D eigenvalue weighted by atomic mass is 32.2. The number of nitrogen functional groups attached to an aromatic ring is 1. The van der Waals surface area contributed by atoms with Crippen LogP contribution >= 0.6 is 0 Å². The van der Waals surface area contributed by atoms with Crippen LogP contribution in [-0.4, -0.2) is 13.4 Å². The van der Waals surface area contributed by atoms with Crippen molar-refractivity contribution < 1.29 is 8.42 Å². The molecule has 2 aromatic rings. The van der Waals surface area contributed by atoms with Crippen LogP contribution in [0, 0.1) is 0 Å². The lowest BCUT2D eigenvalue weighted by Crippen LogP contribution is -2.17. The first-order chi connectivity index (χ1) is 8.47. The number of aromatic nitrogens is 1. The lowest BCUT2D eigenvalue weighted by Gasteiger charge is -2.07. The Morgan fingerprint density at radius 3 is 2.39 bits per heavy atom. The molecule has 7 heteroatoms. The smallest absolute Gasteiger partial charge is 0.262 e. The minimum atomic E-state index is -3.72. The average Bonchev–Trinajstić information content (AvgIpc) is 2.28. The number of benzene rings is 1. The van der Waals surface area contributed by atoms with Gasteiger partial charge in [-0.25, -0.2) is 8.42 Å². The van der Waals surface area contributed by atoms with E-state index in [0.29, 0.717) is 0 Å². The van der Waals surface area contributed by atoms with Gasteiger partial charge in [0, 0.05) is 17.8 Å². The number of hydrogen-bond acceptors (Lipinski definition) is 4. The highest BCUT2D eigenvalue weighted by molar-refractivity contribution is 7.92. The van der Waals surface area contributed by atoms with Crippen LogP contribution in [0.15, 0.2) is 52.2 Å². The molecule has 0 bridgehead atoms. The van der Waals surface area contributed by atoms with Crippen LogP contribution in [0.4, 0.5) is 11.5 Å². The monoisotopic (exact) mass is 265 g/mol. The molecule has 0 saturated heterocycles. The summed E-state index contributed by atoms with van der Waals surface area (Å²) in [5.41, 5.74) is 5.18. The number of nitrogens with two attached hydrogens (primary N) is 1. The molecule has 0 aliphatic carbocycles. The van der Waals surface area contributed by atoms with Crippen LogP contribution in [0.1, 0.15) is 0 Å². The van der Waals surface area contributed by atoms with Gasteiger partial charge in [-0.15, -0.1) is 0 Å². The Kier molecular flexibility index (Phi) is 3.07. The van der Waals surface area contributed by atoms with Crippen LogP contribution in [-0.2, 0) is 10.0 Å². The Bertz CT molecular complexity index is 708. The predicted molar refractivity (Wildman–Crippen MR) is 68.7 cm³/mol. The number of sulfonamides is 1. The summed E-state index contributed by atoms with van der Waals surface area (Å²) in [6, 6.07) is 10.3. The molecule has 1 heterocycles. The van der Waals surface area contributed by atoms with E-state index in [9.17, 15) is 13.2 Å². The van der Waals surface area contributed by atoms with Crippen LogP contribution < -0.4 is 16.0 Å². The van der Waals surface area contributed by atoms with Crippen molar-refractivity contribution in [1.29, 1.82) is 0 Å². The van der Waals surface area contributed by atoms with Gasteiger partial charge in [0.05, 0.1) is 4.90 Å². The van der Waals surface area contributed by atoms with Gasteiger partial charge >= 0.3 is 0 Å². The third-order valence-corrected chi connectivity index (χ3v) is 3.55. The molecule has 0 aliphatic rings. The molecular weight excluding hydrogens is 254 g/mol.